The van der Waals surface area contributed by atoms with E-state index < -0.39 is 0 Å². The number of anilines is 1. The second-order valence-corrected chi connectivity index (χ2v) is 6.76. The van der Waals surface area contributed by atoms with E-state index in [9.17, 15) is 14.0 Å². The van der Waals surface area contributed by atoms with Crippen molar-refractivity contribution >= 4 is 29.1 Å². The maximum atomic E-state index is 13.9. The maximum Gasteiger partial charge on any atom is 0.234 e. The van der Waals surface area contributed by atoms with Crippen LogP contribution in [-0.2, 0) is 11.8 Å². The number of nitrogens with one attached hydrogen (secondary N) is 1. The molecule has 1 aromatic heterocycles. The summed E-state index contributed by atoms with van der Waals surface area (Å²) in [6.07, 6.45) is 0. The normalized spacial score (nSPS) is 10.6. The van der Waals surface area contributed by atoms with E-state index in [4.69, 9.17) is 0 Å². The number of halogens is 1. The number of ketones is 1. The van der Waals surface area contributed by atoms with Crippen molar-refractivity contribution in [3.63, 3.8) is 0 Å². The number of hydrogen-bond acceptors (Lipinski definition) is 5. The SMILES string of the molecule is CC(=O)c1cccc(NC(=O)CSc2nnc(-c3ccccc3F)n2C)c1. The second kappa shape index (κ2) is 8.13. The summed E-state index contributed by atoms with van der Waals surface area (Å²) < 4.78 is 15.6. The van der Waals surface area contributed by atoms with Crippen LogP contribution in [0.4, 0.5) is 10.1 Å². The maximum absolute atomic E-state index is 13.9. The molecule has 27 heavy (non-hydrogen) atoms. The average Bonchev–Trinajstić information content (AvgIpc) is 3.01. The van der Waals surface area contributed by atoms with Gasteiger partial charge in [0.1, 0.15) is 5.82 Å². The molecule has 3 aromatic rings. The van der Waals surface area contributed by atoms with E-state index in [2.05, 4.69) is 15.5 Å². The summed E-state index contributed by atoms with van der Waals surface area (Å²) in [5.74, 6) is -0.192. The number of thioether (sulfide) groups is 1. The summed E-state index contributed by atoms with van der Waals surface area (Å²) in [5.41, 5.74) is 1.44. The Bertz CT molecular complexity index is 1000. The summed E-state index contributed by atoms with van der Waals surface area (Å²) >= 11 is 1.19. The number of nitrogens with zero attached hydrogens (tertiary/aromatic N) is 3. The number of carbonyl (C=O) groups is 2. The molecule has 138 valence electrons. The third kappa shape index (κ3) is 4.40. The van der Waals surface area contributed by atoms with Gasteiger partial charge in [0.15, 0.2) is 16.8 Å². The minimum absolute atomic E-state index is 0.0692. The molecular formula is C19H17FN4O2S. The minimum Gasteiger partial charge on any atom is -0.325 e. The number of carbonyl (C=O) groups excluding carboxylic acids is 2. The molecule has 0 atom stereocenters. The molecule has 0 aliphatic carbocycles. The van der Waals surface area contributed by atoms with Gasteiger partial charge in [-0.1, -0.05) is 36.0 Å². The summed E-state index contributed by atoms with van der Waals surface area (Å²) in [4.78, 5) is 23.6. The molecule has 0 aliphatic heterocycles. The van der Waals surface area contributed by atoms with Gasteiger partial charge in [-0.2, -0.15) is 0 Å². The smallest absolute Gasteiger partial charge is 0.234 e. The second-order valence-electron chi connectivity index (χ2n) is 5.82. The Kier molecular flexibility index (Phi) is 5.66. The molecule has 0 unspecified atom stereocenters. The van der Waals surface area contributed by atoms with Gasteiger partial charge >= 0.3 is 0 Å². The summed E-state index contributed by atoms with van der Waals surface area (Å²) in [7, 11) is 1.72. The molecule has 3 rings (SSSR count). The predicted octanol–water partition coefficient (Wildman–Crippen LogP) is 3.55. The first kappa shape index (κ1) is 18.8. The number of hydrogen-bond donors (Lipinski definition) is 1. The predicted molar refractivity (Wildman–Crippen MR) is 102 cm³/mol. The number of aromatic nitrogens is 3. The van der Waals surface area contributed by atoms with E-state index in [0.29, 0.717) is 27.8 Å². The molecule has 0 saturated carbocycles. The lowest BCUT2D eigenvalue weighted by Gasteiger charge is -2.07. The standard InChI is InChI=1S/C19H17FN4O2S/c1-12(25)13-6-5-7-14(10-13)21-17(26)11-27-19-23-22-18(24(19)2)15-8-3-4-9-16(15)20/h3-10H,11H2,1-2H3,(H,21,26). The minimum atomic E-state index is -0.382. The Hall–Kier alpha value is -3.00. The van der Waals surface area contributed by atoms with Gasteiger partial charge in [-0.25, -0.2) is 4.39 Å². The van der Waals surface area contributed by atoms with Crippen LogP contribution in [0.25, 0.3) is 11.4 Å². The first-order chi connectivity index (χ1) is 13.0. The Morgan fingerprint density at radius 1 is 1.15 bits per heavy atom. The molecule has 6 nitrogen and oxygen atoms in total. The van der Waals surface area contributed by atoms with Crippen molar-refractivity contribution in [3.05, 3.63) is 59.9 Å². The van der Waals surface area contributed by atoms with Crippen molar-refractivity contribution in [2.24, 2.45) is 7.05 Å². The highest BCUT2D eigenvalue weighted by atomic mass is 32.2. The summed E-state index contributed by atoms with van der Waals surface area (Å²) in [6, 6.07) is 13.1. The molecule has 1 amide bonds. The zero-order valence-electron chi connectivity index (χ0n) is 14.8. The fourth-order valence-electron chi connectivity index (χ4n) is 2.46. The lowest BCUT2D eigenvalue weighted by Crippen LogP contribution is -2.14. The molecule has 0 bridgehead atoms. The van der Waals surface area contributed by atoms with Crippen molar-refractivity contribution in [2.45, 2.75) is 12.1 Å². The van der Waals surface area contributed by atoms with Crippen LogP contribution in [-0.4, -0.2) is 32.2 Å². The zero-order valence-corrected chi connectivity index (χ0v) is 15.6. The highest BCUT2D eigenvalue weighted by molar-refractivity contribution is 7.99. The Morgan fingerprint density at radius 3 is 2.67 bits per heavy atom. The van der Waals surface area contributed by atoms with Gasteiger partial charge in [-0.3, -0.25) is 9.59 Å². The highest BCUT2D eigenvalue weighted by Gasteiger charge is 2.15. The molecule has 1 heterocycles. The largest absolute Gasteiger partial charge is 0.325 e. The fourth-order valence-corrected chi connectivity index (χ4v) is 3.17. The average molecular weight is 384 g/mol. The van der Waals surface area contributed by atoms with E-state index in [0.717, 1.165) is 0 Å². The van der Waals surface area contributed by atoms with Crippen molar-refractivity contribution in [3.8, 4) is 11.4 Å². The first-order valence-corrected chi connectivity index (χ1v) is 9.12. The summed E-state index contributed by atoms with van der Waals surface area (Å²) in [5, 5.41) is 11.3. The van der Waals surface area contributed by atoms with Gasteiger partial charge < -0.3 is 9.88 Å². The van der Waals surface area contributed by atoms with Gasteiger partial charge in [0.25, 0.3) is 0 Å². The van der Waals surface area contributed by atoms with E-state index in [1.54, 1.807) is 54.1 Å². The highest BCUT2D eigenvalue weighted by Crippen LogP contribution is 2.24. The lowest BCUT2D eigenvalue weighted by atomic mass is 10.1. The van der Waals surface area contributed by atoms with Crippen molar-refractivity contribution < 1.29 is 14.0 Å². The Labute approximate surface area is 159 Å². The molecular weight excluding hydrogens is 367 g/mol. The molecule has 0 fully saturated rings. The summed E-state index contributed by atoms with van der Waals surface area (Å²) in [6.45, 7) is 1.47. The van der Waals surface area contributed by atoms with E-state index in [-0.39, 0.29) is 23.3 Å². The van der Waals surface area contributed by atoms with E-state index in [1.165, 1.54) is 24.8 Å². The van der Waals surface area contributed by atoms with E-state index >= 15 is 0 Å². The van der Waals surface area contributed by atoms with Gasteiger partial charge in [-0.15, -0.1) is 10.2 Å². The Morgan fingerprint density at radius 2 is 1.93 bits per heavy atom. The van der Waals surface area contributed by atoms with Crippen LogP contribution in [0.5, 0.6) is 0 Å². The molecule has 0 radical (unpaired) electrons. The van der Waals surface area contributed by atoms with Crippen LogP contribution in [0.15, 0.2) is 53.7 Å². The monoisotopic (exact) mass is 384 g/mol. The van der Waals surface area contributed by atoms with E-state index in [1.807, 2.05) is 0 Å². The third-order valence-electron chi connectivity index (χ3n) is 3.83. The van der Waals surface area contributed by atoms with Crippen LogP contribution < -0.4 is 5.32 Å². The molecule has 0 saturated heterocycles. The fraction of sp³-hybridized carbons (Fsp3) is 0.158. The quantitative estimate of drug-likeness (QED) is 0.519. The number of benzene rings is 2. The van der Waals surface area contributed by atoms with Crippen molar-refractivity contribution in [1.29, 1.82) is 0 Å². The molecule has 0 aliphatic rings. The van der Waals surface area contributed by atoms with Crippen molar-refractivity contribution in [2.75, 3.05) is 11.1 Å². The van der Waals surface area contributed by atoms with Gasteiger partial charge in [0.05, 0.1) is 11.3 Å². The number of Topliss-reactive ketones (excluding diaryl/α,β-unsaturated/α-hetero) is 1. The molecule has 0 spiro atoms. The number of amides is 1. The van der Waals surface area contributed by atoms with Gasteiger partial charge in [0.2, 0.25) is 5.91 Å². The first-order valence-electron chi connectivity index (χ1n) is 8.13. The molecule has 1 N–H and O–H groups in total. The number of rotatable bonds is 6. The van der Waals surface area contributed by atoms with Gasteiger partial charge in [-0.05, 0) is 31.2 Å². The van der Waals surface area contributed by atoms with Gasteiger partial charge in [0, 0.05) is 18.3 Å². The van der Waals surface area contributed by atoms with Crippen molar-refractivity contribution in [1.82, 2.24) is 14.8 Å². The van der Waals surface area contributed by atoms with Crippen LogP contribution in [0.2, 0.25) is 0 Å². The van der Waals surface area contributed by atoms with Crippen LogP contribution in [0, 0.1) is 5.82 Å². The molecule has 8 heteroatoms. The third-order valence-corrected chi connectivity index (χ3v) is 4.86. The molecule has 2 aromatic carbocycles. The van der Waals surface area contributed by atoms with Crippen LogP contribution >= 0.6 is 11.8 Å². The van der Waals surface area contributed by atoms with Crippen LogP contribution in [0.3, 0.4) is 0 Å². The lowest BCUT2D eigenvalue weighted by molar-refractivity contribution is -0.113. The zero-order chi connectivity index (χ0) is 19.4. The topological polar surface area (TPSA) is 76.9 Å². The van der Waals surface area contributed by atoms with Crippen LogP contribution in [0.1, 0.15) is 17.3 Å². The Balaban J connectivity index is 1.65.